The molecule has 1 aliphatic rings. The van der Waals surface area contributed by atoms with E-state index in [1.807, 2.05) is 0 Å². The molecule has 14 heavy (non-hydrogen) atoms. The van der Waals surface area contributed by atoms with Gasteiger partial charge in [0.25, 0.3) is 10.1 Å². The maximum absolute atomic E-state index is 11.0. The Morgan fingerprint density at radius 1 is 1.71 bits per heavy atom. The zero-order valence-corrected chi connectivity index (χ0v) is 9.17. The molecule has 0 radical (unpaired) electrons. The molecule has 1 fully saturated rings. The lowest BCUT2D eigenvalue weighted by Gasteiger charge is -2.27. The van der Waals surface area contributed by atoms with Gasteiger partial charge < -0.3 is 4.74 Å². The van der Waals surface area contributed by atoms with Gasteiger partial charge >= 0.3 is 6.09 Å². The Labute approximate surface area is 86.6 Å². The van der Waals surface area contributed by atoms with Crippen LogP contribution in [0, 0.1) is 0 Å². The first kappa shape index (κ1) is 11.5. The van der Waals surface area contributed by atoms with E-state index < -0.39 is 33.6 Å². The predicted octanol–water partition coefficient (Wildman–Crippen LogP) is 0.627. The topological polar surface area (TPSA) is 83.9 Å². The molecule has 1 N–H and O–H groups in total. The molecule has 1 aliphatic heterocycles. The van der Waals surface area contributed by atoms with E-state index in [9.17, 15) is 13.2 Å². The van der Waals surface area contributed by atoms with Crippen molar-refractivity contribution in [1.82, 2.24) is 4.42 Å². The average Bonchev–Trinajstić information content (AvgIpc) is 2.13. The number of cyclic esters (lactones) is 1. The van der Waals surface area contributed by atoms with Gasteiger partial charge in [0, 0.05) is 11.8 Å². The first-order valence-corrected chi connectivity index (χ1v) is 5.73. The van der Waals surface area contributed by atoms with Crippen molar-refractivity contribution in [1.29, 1.82) is 0 Å². The standard InChI is InChI=1S/C6H10ClNO5S/c1-4-6(2,3-14(10,11)12)8(7)5(9)13-4/h4H,3H2,1-2H3,(H,10,11,12)/t4-,6+/m0/s1. The lowest BCUT2D eigenvalue weighted by atomic mass is 10.0. The van der Waals surface area contributed by atoms with Crippen LogP contribution < -0.4 is 0 Å². The second-order valence-electron chi connectivity index (χ2n) is 3.39. The molecule has 1 rings (SSSR count). The summed E-state index contributed by atoms with van der Waals surface area (Å²) in [6, 6.07) is 0. The van der Waals surface area contributed by atoms with Gasteiger partial charge in [-0.05, 0) is 13.8 Å². The van der Waals surface area contributed by atoms with Gasteiger partial charge in [0.2, 0.25) is 0 Å². The minimum atomic E-state index is -4.21. The summed E-state index contributed by atoms with van der Waals surface area (Å²) in [5, 5.41) is 0. The summed E-state index contributed by atoms with van der Waals surface area (Å²) in [5.41, 5.74) is -1.24. The van der Waals surface area contributed by atoms with E-state index in [0.717, 1.165) is 0 Å². The molecule has 0 aromatic rings. The Kier molecular flexibility index (Phi) is 2.68. The highest BCUT2D eigenvalue weighted by atomic mass is 35.5. The van der Waals surface area contributed by atoms with E-state index in [4.69, 9.17) is 21.1 Å². The number of carbonyl (C=O) groups is 1. The van der Waals surface area contributed by atoms with Gasteiger partial charge in [0.05, 0.1) is 0 Å². The molecule has 0 spiro atoms. The van der Waals surface area contributed by atoms with Crippen LogP contribution in [0.4, 0.5) is 4.79 Å². The largest absolute Gasteiger partial charge is 0.443 e. The van der Waals surface area contributed by atoms with Crippen LogP contribution in [0.2, 0.25) is 0 Å². The van der Waals surface area contributed by atoms with Crippen LogP contribution in [-0.4, -0.2) is 40.9 Å². The molecule has 82 valence electrons. The fourth-order valence-electron chi connectivity index (χ4n) is 1.24. The Balaban J connectivity index is 2.99. The normalized spacial score (nSPS) is 33.3. The number of carbonyl (C=O) groups excluding carboxylic acids is 1. The van der Waals surface area contributed by atoms with E-state index in [0.29, 0.717) is 4.42 Å². The zero-order chi connectivity index (χ0) is 11.1. The summed E-state index contributed by atoms with van der Waals surface area (Å²) in [7, 11) is -4.21. The van der Waals surface area contributed by atoms with Crippen LogP contribution in [0.1, 0.15) is 13.8 Å². The number of rotatable bonds is 2. The molecular formula is C6H10ClNO5S. The van der Waals surface area contributed by atoms with E-state index in [2.05, 4.69) is 0 Å². The fraction of sp³-hybridized carbons (Fsp3) is 0.833. The molecule has 0 aliphatic carbocycles. The molecule has 8 heteroatoms. The Morgan fingerprint density at radius 3 is 2.50 bits per heavy atom. The first-order valence-electron chi connectivity index (χ1n) is 3.78. The number of nitrogens with zero attached hydrogens (tertiary/aromatic N) is 1. The average molecular weight is 244 g/mol. The number of hydrogen-bond donors (Lipinski definition) is 1. The van der Waals surface area contributed by atoms with E-state index >= 15 is 0 Å². The highest BCUT2D eigenvalue weighted by Crippen LogP contribution is 2.33. The first-order chi connectivity index (χ1) is 6.17. The summed E-state index contributed by atoms with van der Waals surface area (Å²) >= 11 is 5.55. The third-order valence-electron chi connectivity index (χ3n) is 2.24. The molecule has 1 amide bonds. The number of ether oxygens (including phenoxy) is 1. The third kappa shape index (κ3) is 1.94. The van der Waals surface area contributed by atoms with Crippen molar-refractivity contribution in [3.63, 3.8) is 0 Å². The second kappa shape index (κ2) is 3.25. The van der Waals surface area contributed by atoms with Gasteiger partial charge in [-0.2, -0.15) is 8.42 Å². The Hall–Kier alpha value is -0.530. The lowest BCUT2D eigenvalue weighted by molar-refractivity contribution is 0.129. The van der Waals surface area contributed by atoms with Gasteiger partial charge in [-0.3, -0.25) is 4.55 Å². The van der Waals surface area contributed by atoms with Crippen LogP contribution in [0.15, 0.2) is 0 Å². The minimum absolute atomic E-state index is 0.656. The van der Waals surface area contributed by atoms with Crippen molar-refractivity contribution < 1.29 is 22.5 Å². The van der Waals surface area contributed by atoms with E-state index in [-0.39, 0.29) is 0 Å². The van der Waals surface area contributed by atoms with Gasteiger partial charge in [-0.25, -0.2) is 9.21 Å². The monoisotopic (exact) mass is 243 g/mol. The highest BCUT2D eigenvalue weighted by Gasteiger charge is 2.51. The molecular weight excluding hydrogens is 234 g/mol. The minimum Gasteiger partial charge on any atom is -0.443 e. The summed E-state index contributed by atoms with van der Waals surface area (Å²) < 4.78 is 35.4. The Morgan fingerprint density at radius 2 is 2.21 bits per heavy atom. The molecule has 0 unspecified atom stereocenters. The molecule has 1 heterocycles. The third-order valence-corrected chi connectivity index (χ3v) is 3.71. The smallest absolute Gasteiger partial charge is 0.425 e. The van der Waals surface area contributed by atoms with E-state index in [1.165, 1.54) is 13.8 Å². The SMILES string of the molecule is C[C@@H]1OC(=O)N(Cl)[C@]1(C)CS(=O)(=O)O. The van der Waals surface area contributed by atoms with Crippen LogP contribution in [0.3, 0.4) is 0 Å². The number of amides is 1. The maximum Gasteiger partial charge on any atom is 0.425 e. The summed E-state index contributed by atoms with van der Waals surface area (Å²) in [5.74, 6) is -0.656. The van der Waals surface area contributed by atoms with Crippen LogP contribution in [0.5, 0.6) is 0 Å². The summed E-state index contributed by atoms with van der Waals surface area (Å²) in [6.45, 7) is 2.93. The van der Waals surface area contributed by atoms with Crippen molar-refractivity contribution in [2.45, 2.75) is 25.5 Å². The number of halogens is 1. The van der Waals surface area contributed by atoms with Crippen LogP contribution in [0.25, 0.3) is 0 Å². The van der Waals surface area contributed by atoms with Crippen molar-refractivity contribution >= 4 is 28.0 Å². The van der Waals surface area contributed by atoms with Crippen molar-refractivity contribution in [3.05, 3.63) is 0 Å². The van der Waals surface area contributed by atoms with Crippen molar-refractivity contribution in [2.24, 2.45) is 0 Å². The summed E-state index contributed by atoms with van der Waals surface area (Å²) in [4.78, 5) is 11.0. The zero-order valence-electron chi connectivity index (χ0n) is 7.60. The lowest BCUT2D eigenvalue weighted by Crippen LogP contribution is -2.48. The van der Waals surface area contributed by atoms with Crippen molar-refractivity contribution in [2.75, 3.05) is 5.75 Å². The maximum atomic E-state index is 11.0. The Bertz CT molecular complexity index is 355. The molecule has 0 bridgehead atoms. The molecule has 0 aromatic heterocycles. The van der Waals surface area contributed by atoms with Gasteiger partial charge in [0.1, 0.15) is 17.4 Å². The second-order valence-corrected chi connectivity index (χ2v) is 5.18. The fourth-order valence-corrected chi connectivity index (χ4v) is 2.65. The van der Waals surface area contributed by atoms with Crippen LogP contribution in [-0.2, 0) is 14.9 Å². The molecule has 6 nitrogen and oxygen atoms in total. The number of hydrogen-bond acceptors (Lipinski definition) is 4. The van der Waals surface area contributed by atoms with Gasteiger partial charge in [-0.1, -0.05) is 0 Å². The highest BCUT2D eigenvalue weighted by molar-refractivity contribution is 7.85. The quantitative estimate of drug-likeness (QED) is 0.568. The molecule has 0 aromatic carbocycles. The molecule has 2 atom stereocenters. The molecule has 0 saturated carbocycles. The van der Waals surface area contributed by atoms with Crippen molar-refractivity contribution in [3.8, 4) is 0 Å². The van der Waals surface area contributed by atoms with Gasteiger partial charge in [0.15, 0.2) is 0 Å². The predicted molar refractivity (Wildman–Crippen MR) is 48.5 cm³/mol. The summed E-state index contributed by atoms with van der Waals surface area (Å²) in [6.07, 6.45) is -1.51. The van der Waals surface area contributed by atoms with Crippen LogP contribution >= 0.6 is 11.8 Å². The van der Waals surface area contributed by atoms with E-state index in [1.54, 1.807) is 0 Å². The van der Waals surface area contributed by atoms with Gasteiger partial charge in [-0.15, -0.1) is 0 Å². The molecule has 1 saturated heterocycles.